The van der Waals surface area contributed by atoms with Crippen LogP contribution in [-0.4, -0.2) is 22.9 Å². The molecule has 0 unspecified atom stereocenters. The van der Waals surface area contributed by atoms with Gasteiger partial charge in [-0.15, -0.1) is 0 Å². The van der Waals surface area contributed by atoms with E-state index in [1.54, 1.807) is 0 Å². The molecule has 0 saturated heterocycles. The number of hydrogen-bond acceptors (Lipinski definition) is 2. The van der Waals surface area contributed by atoms with Gasteiger partial charge in [-0.25, -0.2) is 4.85 Å². The Morgan fingerprint density at radius 2 is 2.00 bits per heavy atom. The molecule has 0 radical (unpaired) electrons. The Balaban J connectivity index is 1.73. The van der Waals surface area contributed by atoms with E-state index in [4.69, 9.17) is 6.57 Å². The van der Waals surface area contributed by atoms with Gasteiger partial charge in [-0.1, -0.05) is 19.4 Å². The second-order valence-corrected chi connectivity index (χ2v) is 10.3. The van der Waals surface area contributed by atoms with Crippen molar-refractivity contribution in [1.82, 2.24) is 0 Å². The fourth-order valence-corrected chi connectivity index (χ4v) is 8.29. The molecule has 0 amide bonds. The van der Waals surface area contributed by atoms with Gasteiger partial charge in [0.1, 0.15) is 0 Å². The van der Waals surface area contributed by atoms with Gasteiger partial charge in [-0.2, -0.15) is 0 Å². The number of allylic oxidation sites excluding steroid dienone is 2. The minimum atomic E-state index is -0.117. The molecular formula is C23H35NO2. The van der Waals surface area contributed by atoms with Crippen molar-refractivity contribution >= 4 is 0 Å². The zero-order valence-electron chi connectivity index (χ0n) is 16.7. The molecule has 26 heavy (non-hydrogen) atoms. The average molecular weight is 358 g/mol. The summed E-state index contributed by atoms with van der Waals surface area (Å²) < 4.78 is 0. The van der Waals surface area contributed by atoms with E-state index in [1.165, 1.54) is 24.8 Å². The molecule has 0 aliphatic heterocycles. The third-order valence-corrected chi connectivity index (χ3v) is 9.34. The van der Waals surface area contributed by atoms with Crippen molar-refractivity contribution < 1.29 is 10.2 Å². The van der Waals surface area contributed by atoms with Crippen LogP contribution in [0.2, 0.25) is 0 Å². The first-order valence-electron chi connectivity index (χ1n) is 10.7. The summed E-state index contributed by atoms with van der Waals surface area (Å²) in [5.41, 5.74) is 2.69. The Hall–Kier alpha value is -0.850. The van der Waals surface area contributed by atoms with E-state index < -0.39 is 0 Å². The molecule has 4 fully saturated rings. The molecular weight excluding hydrogens is 322 g/mol. The lowest BCUT2D eigenvalue weighted by molar-refractivity contribution is -0.151. The van der Waals surface area contributed by atoms with Gasteiger partial charge in [-0.3, -0.25) is 0 Å². The number of nitrogens with zero attached hydrogens (tertiary/aromatic N) is 1. The van der Waals surface area contributed by atoms with Gasteiger partial charge in [0.25, 0.3) is 0 Å². The van der Waals surface area contributed by atoms with Crippen molar-refractivity contribution in [2.24, 2.45) is 40.4 Å². The van der Waals surface area contributed by atoms with Gasteiger partial charge in [0, 0.05) is 6.61 Å². The highest BCUT2D eigenvalue weighted by Crippen LogP contribution is 2.69. The molecule has 2 N–H and O–H groups in total. The largest absolute Gasteiger partial charge is 0.396 e. The van der Waals surface area contributed by atoms with Crippen LogP contribution in [0, 0.1) is 47.0 Å². The first-order chi connectivity index (χ1) is 12.3. The maximum atomic E-state index is 10.4. The van der Waals surface area contributed by atoms with Crippen molar-refractivity contribution in [3.63, 3.8) is 0 Å². The van der Waals surface area contributed by atoms with Crippen LogP contribution in [0.1, 0.15) is 72.1 Å². The summed E-state index contributed by atoms with van der Waals surface area (Å²) in [6, 6.07) is 0. The lowest BCUT2D eigenvalue weighted by Gasteiger charge is -2.63. The summed E-state index contributed by atoms with van der Waals surface area (Å²) >= 11 is 0. The Labute approximate surface area is 158 Å². The lowest BCUT2D eigenvalue weighted by atomic mass is 9.42. The van der Waals surface area contributed by atoms with Gasteiger partial charge >= 0.3 is 0 Å². The van der Waals surface area contributed by atoms with Crippen LogP contribution in [0.25, 0.3) is 4.85 Å². The van der Waals surface area contributed by atoms with Crippen molar-refractivity contribution in [1.29, 1.82) is 0 Å². The highest BCUT2D eigenvalue weighted by Gasteiger charge is 2.61. The van der Waals surface area contributed by atoms with Crippen LogP contribution in [0.3, 0.4) is 0 Å². The molecule has 4 aliphatic carbocycles. The third-order valence-electron chi connectivity index (χ3n) is 9.34. The molecule has 4 rings (SSSR count). The van der Waals surface area contributed by atoms with Crippen molar-refractivity contribution in [3.05, 3.63) is 22.7 Å². The Morgan fingerprint density at radius 3 is 2.69 bits per heavy atom. The van der Waals surface area contributed by atoms with Crippen LogP contribution in [0.15, 0.2) is 11.3 Å². The Morgan fingerprint density at radius 1 is 1.23 bits per heavy atom. The molecule has 3 nitrogen and oxygen atoms in total. The minimum Gasteiger partial charge on any atom is -0.396 e. The Kier molecular flexibility index (Phi) is 4.52. The normalized spacial score (nSPS) is 52.5. The smallest absolute Gasteiger partial charge is 0.162 e. The maximum absolute atomic E-state index is 10.4. The van der Waals surface area contributed by atoms with E-state index in [-0.39, 0.29) is 23.5 Å². The van der Waals surface area contributed by atoms with E-state index in [9.17, 15) is 10.2 Å². The molecule has 4 saturated carbocycles. The second-order valence-electron chi connectivity index (χ2n) is 10.3. The zero-order chi connectivity index (χ0) is 18.7. The molecule has 0 aromatic heterocycles. The summed E-state index contributed by atoms with van der Waals surface area (Å²) in [6.07, 6.45) is 8.72. The average Bonchev–Trinajstić information content (AvgIpc) is 2.97. The molecule has 0 aromatic carbocycles. The predicted molar refractivity (Wildman–Crippen MR) is 103 cm³/mol. The van der Waals surface area contributed by atoms with E-state index in [1.807, 2.05) is 6.92 Å². The quantitative estimate of drug-likeness (QED) is 0.662. The van der Waals surface area contributed by atoms with E-state index in [2.05, 4.69) is 18.7 Å². The van der Waals surface area contributed by atoms with Crippen molar-refractivity contribution in [2.75, 3.05) is 6.61 Å². The highest BCUT2D eigenvalue weighted by atomic mass is 16.3. The second kappa shape index (κ2) is 6.35. The van der Waals surface area contributed by atoms with Gasteiger partial charge in [0.15, 0.2) is 5.70 Å². The van der Waals surface area contributed by atoms with Gasteiger partial charge in [0.05, 0.1) is 12.7 Å². The third kappa shape index (κ3) is 2.45. The fraction of sp³-hybridized carbons (Fsp3) is 0.870. The highest BCUT2D eigenvalue weighted by molar-refractivity contribution is 5.31. The van der Waals surface area contributed by atoms with Crippen LogP contribution < -0.4 is 0 Å². The molecule has 0 bridgehead atoms. The zero-order valence-corrected chi connectivity index (χ0v) is 16.7. The standard InChI is InChI=1S/C23H35NO2/c1-14(24-4)19-7-8-20-18-6-5-16-11-17(26)9-10-22(16,2)21(18)15(13-25)12-23(19,20)3/h15-18,20-21,25-26H,5-13H2,1-3H3/b19-14-/t15-,16-,17-,18+,20+,21+,22+,23-/m1/s1. The minimum absolute atomic E-state index is 0.112. The fourth-order valence-electron chi connectivity index (χ4n) is 8.29. The summed E-state index contributed by atoms with van der Waals surface area (Å²) in [5.74, 6) is 2.90. The van der Waals surface area contributed by atoms with Crippen LogP contribution in [-0.2, 0) is 0 Å². The summed E-state index contributed by atoms with van der Waals surface area (Å²) in [6.45, 7) is 14.7. The molecule has 0 heterocycles. The first-order valence-corrected chi connectivity index (χ1v) is 10.7. The number of rotatable bonds is 1. The van der Waals surface area contributed by atoms with Crippen molar-refractivity contribution in [3.8, 4) is 0 Å². The number of aliphatic hydroxyl groups is 2. The summed E-state index contributed by atoms with van der Waals surface area (Å²) in [5, 5.41) is 20.6. The van der Waals surface area contributed by atoms with Crippen LogP contribution >= 0.6 is 0 Å². The monoisotopic (exact) mass is 357 g/mol. The van der Waals surface area contributed by atoms with Crippen LogP contribution in [0.5, 0.6) is 0 Å². The number of hydrogen-bond donors (Lipinski definition) is 2. The SMILES string of the molecule is [C-]#[N+]/C(C)=C1/CC[C@H]2[C@@H]3CC[C@@H]4C[C@H](O)CC[C@]4(C)[C@H]3[C@@H](CO)C[C@]12C. The first kappa shape index (κ1) is 18.5. The molecule has 4 aliphatic rings. The van der Waals surface area contributed by atoms with Crippen LogP contribution in [0.4, 0.5) is 0 Å². The summed E-state index contributed by atoms with van der Waals surface area (Å²) in [4.78, 5) is 3.79. The molecule has 8 atom stereocenters. The maximum Gasteiger partial charge on any atom is 0.162 e. The van der Waals surface area contributed by atoms with E-state index >= 15 is 0 Å². The lowest BCUT2D eigenvalue weighted by Crippen LogP contribution is -2.57. The molecule has 3 heteroatoms. The number of aliphatic hydroxyl groups excluding tert-OH is 2. The van der Waals surface area contributed by atoms with Gasteiger partial charge in [-0.05, 0) is 98.7 Å². The van der Waals surface area contributed by atoms with Crippen molar-refractivity contribution in [2.45, 2.75) is 78.2 Å². The van der Waals surface area contributed by atoms with E-state index in [0.717, 1.165) is 37.8 Å². The van der Waals surface area contributed by atoms with Gasteiger partial charge < -0.3 is 10.2 Å². The summed E-state index contributed by atoms with van der Waals surface area (Å²) in [7, 11) is 0. The molecule has 0 aromatic rings. The molecule has 0 spiro atoms. The van der Waals surface area contributed by atoms with Gasteiger partial charge in [0.2, 0.25) is 0 Å². The van der Waals surface area contributed by atoms with E-state index in [0.29, 0.717) is 29.6 Å². The topological polar surface area (TPSA) is 44.8 Å². The Bertz CT molecular complexity index is 649. The predicted octanol–water partition coefficient (Wildman–Crippen LogP) is 4.80. The number of fused-ring (bicyclic) bond motifs is 5. The molecule has 144 valence electrons.